The van der Waals surface area contributed by atoms with Crippen LogP contribution >= 0.6 is 11.6 Å². The lowest BCUT2D eigenvalue weighted by atomic mass is 10.0. The van der Waals surface area contributed by atoms with Crippen LogP contribution in [0.2, 0.25) is 5.02 Å². The number of methoxy groups -OCH3 is 1. The van der Waals surface area contributed by atoms with E-state index in [1.54, 1.807) is 7.11 Å². The third kappa shape index (κ3) is 3.69. The Kier molecular flexibility index (Phi) is 4.63. The van der Waals surface area contributed by atoms with Crippen molar-refractivity contribution < 1.29 is 4.74 Å². The SMILES string of the molecule is CCC(C)(C)NCc1cc(Cl)ccc1OC. The van der Waals surface area contributed by atoms with Crippen LogP contribution in [0.3, 0.4) is 0 Å². The van der Waals surface area contributed by atoms with Crippen LogP contribution in [0.15, 0.2) is 18.2 Å². The molecule has 0 amide bonds. The first kappa shape index (κ1) is 13.3. The average Bonchev–Trinajstić information content (AvgIpc) is 2.27. The molecule has 0 bridgehead atoms. The number of hydrogen-bond donors (Lipinski definition) is 1. The zero-order chi connectivity index (χ0) is 12.2. The van der Waals surface area contributed by atoms with Crippen LogP contribution in [-0.4, -0.2) is 12.6 Å². The summed E-state index contributed by atoms with van der Waals surface area (Å²) in [5.41, 5.74) is 1.23. The number of hydrogen-bond acceptors (Lipinski definition) is 2. The van der Waals surface area contributed by atoms with Gasteiger partial charge in [0.25, 0.3) is 0 Å². The van der Waals surface area contributed by atoms with E-state index in [1.807, 2.05) is 18.2 Å². The van der Waals surface area contributed by atoms with Gasteiger partial charge in [-0.05, 0) is 38.5 Å². The summed E-state index contributed by atoms with van der Waals surface area (Å²) in [5.74, 6) is 0.879. The second kappa shape index (κ2) is 5.55. The van der Waals surface area contributed by atoms with Crippen molar-refractivity contribution in [2.75, 3.05) is 7.11 Å². The molecule has 16 heavy (non-hydrogen) atoms. The first-order valence-corrected chi connectivity index (χ1v) is 5.94. The molecule has 1 rings (SSSR count). The fourth-order valence-corrected chi connectivity index (χ4v) is 1.54. The van der Waals surface area contributed by atoms with Crippen molar-refractivity contribution in [3.63, 3.8) is 0 Å². The Bertz CT molecular complexity index is 350. The third-order valence-corrected chi connectivity index (χ3v) is 3.12. The number of halogens is 1. The van der Waals surface area contributed by atoms with Gasteiger partial charge < -0.3 is 10.1 Å². The van der Waals surface area contributed by atoms with Crippen LogP contribution in [0.4, 0.5) is 0 Å². The topological polar surface area (TPSA) is 21.3 Å². The molecule has 0 atom stereocenters. The smallest absolute Gasteiger partial charge is 0.123 e. The lowest BCUT2D eigenvalue weighted by molar-refractivity contribution is 0.364. The van der Waals surface area contributed by atoms with Gasteiger partial charge in [0.1, 0.15) is 5.75 Å². The lowest BCUT2D eigenvalue weighted by Crippen LogP contribution is -2.37. The Morgan fingerprint density at radius 2 is 2.06 bits per heavy atom. The highest BCUT2D eigenvalue weighted by Gasteiger charge is 2.14. The first-order valence-electron chi connectivity index (χ1n) is 5.56. The van der Waals surface area contributed by atoms with Crippen molar-refractivity contribution >= 4 is 11.6 Å². The van der Waals surface area contributed by atoms with Crippen LogP contribution in [0.1, 0.15) is 32.8 Å². The zero-order valence-corrected chi connectivity index (χ0v) is 11.2. The normalized spacial score (nSPS) is 11.6. The summed E-state index contributed by atoms with van der Waals surface area (Å²) in [6.45, 7) is 7.31. The molecule has 1 aromatic rings. The molecule has 0 fully saturated rings. The molecule has 2 nitrogen and oxygen atoms in total. The minimum absolute atomic E-state index is 0.132. The summed E-state index contributed by atoms with van der Waals surface area (Å²) in [4.78, 5) is 0. The molecule has 0 saturated heterocycles. The second-order valence-corrected chi connectivity index (χ2v) is 4.98. The van der Waals surface area contributed by atoms with E-state index in [0.29, 0.717) is 0 Å². The molecule has 0 unspecified atom stereocenters. The molecule has 90 valence electrons. The molecule has 0 saturated carbocycles. The van der Waals surface area contributed by atoms with Gasteiger partial charge >= 0.3 is 0 Å². The Morgan fingerprint density at radius 3 is 2.62 bits per heavy atom. The van der Waals surface area contributed by atoms with Crippen molar-refractivity contribution in [1.29, 1.82) is 0 Å². The largest absolute Gasteiger partial charge is 0.496 e. The monoisotopic (exact) mass is 241 g/mol. The van der Waals surface area contributed by atoms with Crippen molar-refractivity contribution in [2.45, 2.75) is 39.3 Å². The van der Waals surface area contributed by atoms with Gasteiger partial charge in [0.2, 0.25) is 0 Å². The quantitative estimate of drug-likeness (QED) is 0.850. The summed E-state index contributed by atoms with van der Waals surface area (Å²) in [5, 5.41) is 4.23. The maximum atomic E-state index is 5.97. The Hall–Kier alpha value is -0.730. The van der Waals surface area contributed by atoms with Crippen molar-refractivity contribution in [2.24, 2.45) is 0 Å². The van der Waals surface area contributed by atoms with Gasteiger partial charge in [-0.1, -0.05) is 18.5 Å². The molecule has 1 aromatic carbocycles. The van der Waals surface area contributed by atoms with Gasteiger partial charge in [0, 0.05) is 22.7 Å². The van der Waals surface area contributed by atoms with Crippen molar-refractivity contribution in [1.82, 2.24) is 5.32 Å². The summed E-state index contributed by atoms with van der Waals surface area (Å²) in [6.07, 6.45) is 1.08. The van der Waals surface area contributed by atoms with Gasteiger partial charge in [-0.25, -0.2) is 0 Å². The third-order valence-electron chi connectivity index (χ3n) is 2.88. The first-order chi connectivity index (χ1) is 7.48. The predicted molar refractivity (Wildman–Crippen MR) is 69.2 cm³/mol. The average molecular weight is 242 g/mol. The van der Waals surface area contributed by atoms with E-state index in [0.717, 1.165) is 29.3 Å². The number of ether oxygens (including phenoxy) is 1. The van der Waals surface area contributed by atoms with Gasteiger partial charge in [0.05, 0.1) is 7.11 Å². The van der Waals surface area contributed by atoms with E-state index in [9.17, 15) is 0 Å². The molecule has 0 aliphatic heterocycles. The van der Waals surface area contributed by atoms with Crippen LogP contribution in [0.5, 0.6) is 5.75 Å². The number of rotatable bonds is 5. The van der Waals surface area contributed by atoms with E-state index in [2.05, 4.69) is 26.1 Å². The summed E-state index contributed by atoms with van der Waals surface area (Å²) in [7, 11) is 1.68. The van der Waals surface area contributed by atoms with E-state index < -0.39 is 0 Å². The molecule has 0 heterocycles. The highest BCUT2D eigenvalue weighted by molar-refractivity contribution is 6.30. The molecule has 0 spiro atoms. The van der Waals surface area contributed by atoms with Gasteiger partial charge in [-0.15, -0.1) is 0 Å². The molecular formula is C13H20ClNO. The van der Waals surface area contributed by atoms with E-state index in [4.69, 9.17) is 16.3 Å². The number of benzene rings is 1. The van der Waals surface area contributed by atoms with Crippen molar-refractivity contribution in [3.8, 4) is 5.75 Å². The summed E-state index contributed by atoms with van der Waals surface area (Å²) >= 11 is 5.97. The van der Waals surface area contributed by atoms with Crippen LogP contribution in [0, 0.1) is 0 Å². The maximum Gasteiger partial charge on any atom is 0.123 e. The molecule has 0 aliphatic carbocycles. The van der Waals surface area contributed by atoms with E-state index in [1.165, 1.54) is 0 Å². The fraction of sp³-hybridized carbons (Fsp3) is 0.538. The van der Waals surface area contributed by atoms with E-state index in [-0.39, 0.29) is 5.54 Å². The van der Waals surface area contributed by atoms with Gasteiger partial charge in [0.15, 0.2) is 0 Å². The Balaban J connectivity index is 2.76. The van der Waals surface area contributed by atoms with Gasteiger partial charge in [-0.3, -0.25) is 0 Å². The fourth-order valence-electron chi connectivity index (χ4n) is 1.34. The summed E-state index contributed by atoms with van der Waals surface area (Å²) in [6, 6.07) is 5.69. The van der Waals surface area contributed by atoms with Crippen LogP contribution in [-0.2, 0) is 6.54 Å². The molecular weight excluding hydrogens is 222 g/mol. The lowest BCUT2D eigenvalue weighted by Gasteiger charge is -2.25. The summed E-state index contributed by atoms with van der Waals surface area (Å²) < 4.78 is 5.30. The molecule has 3 heteroatoms. The maximum absolute atomic E-state index is 5.97. The van der Waals surface area contributed by atoms with Gasteiger partial charge in [-0.2, -0.15) is 0 Å². The predicted octanol–water partition coefficient (Wildman–Crippen LogP) is 3.63. The van der Waals surface area contributed by atoms with Crippen LogP contribution in [0.25, 0.3) is 0 Å². The minimum atomic E-state index is 0.132. The van der Waals surface area contributed by atoms with Crippen molar-refractivity contribution in [3.05, 3.63) is 28.8 Å². The highest BCUT2D eigenvalue weighted by Crippen LogP contribution is 2.23. The minimum Gasteiger partial charge on any atom is -0.496 e. The Labute approximate surface area is 103 Å². The second-order valence-electron chi connectivity index (χ2n) is 4.55. The Morgan fingerprint density at radius 1 is 1.38 bits per heavy atom. The van der Waals surface area contributed by atoms with E-state index >= 15 is 0 Å². The molecule has 0 radical (unpaired) electrons. The molecule has 1 N–H and O–H groups in total. The number of nitrogens with one attached hydrogen (secondary N) is 1. The standard InChI is InChI=1S/C13H20ClNO/c1-5-13(2,3)15-9-10-8-11(14)6-7-12(10)16-4/h6-8,15H,5,9H2,1-4H3. The molecule has 0 aromatic heterocycles. The van der Waals surface area contributed by atoms with Crippen LogP contribution < -0.4 is 10.1 Å². The zero-order valence-electron chi connectivity index (χ0n) is 10.4. The highest BCUT2D eigenvalue weighted by atomic mass is 35.5. The molecule has 0 aliphatic rings.